The van der Waals surface area contributed by atoms with Crippen LogP contribution >= 0.6 is 24.0 Å². The van der Waals surface area contributed by atoms with E-state index in [0.29, 0.717) is 12.3 Å². The van der Waals surface area contributed by atoms with Gasteiger partial charge in [0.05, 0.1) is 19.7 Å². The summed E-state index contributed by atoms with van der Waals surface area (Å²) in [5.74, 6) is 1.72. The first-order valence-electron chi connectivity index (χ1n) is 11.0. The van der Waals surface area contributed by atoms with E-state index >= 15 is 0 Å². The van der Waals surface area contributed by atoms with Gasteiger partial charge in [-0.3, -0.25) is 9.69 Å². The monoisotopic (exact) mass is 545 g/mol. The third-order valence-corrected chi connectivity index (χ3v) is 5.93. The van der Waals surface area contributed by atoms with Crippen molar-refractivity contribution in [2.24, 2.45) is 4.99 Å². The highest BCUT2D eigenvalue weighted by Gasteiger charge is 2.30. The van der Waals surface area contributed by atoms with Crippen molar-refractivity contribution in [3.8, 4) is 11.5 Å². The molecular formula is C22H36IN5O3. The number of ether oxygens (including phenoxy) is 1. The van der Waals surface area contributed by atoms with Crippen LogP contribution in [0.1, 0.15) is 32.3 Å². The number of piperazine rings is 1. The SMILES string of the molecule is CCNC(=NCc1ccc(OC)c(O)c1)N1CCN(C(C)C(=O)N2CCCC2)CC1.I. The van der Waals surface area contributed by atoms with E-state index in [1.54, 1.807) is 12.1 Å². The summed E-state index contributed by atoms with van der Waals surface area (Å²) >= 11 is 0. The number of hydrogen-bond acceptors (Lipinski definition) is 5. The molecule has 0 bridgehead atoms. The molecule has 1 aromatic carbocycles. The summed E-state index contributed by atoms with van der Waals surface area (Å²) in [6.45, 7) is 10.5. The van der Waals surface area contributed by atoms with Crippen molar-refractivity contribution >= 4 is 35.8 Å². The highest BCUT2D eigenvalue weighted by Crippen LogP contribution is 2.26. The average Bonchev–Trinajstić information content (AvgIpc) is 3.31. The molecular weight excluding hydrogens is 509 g/mol. The zero-order valence-corrected chi connectivity index (χ0v) is 21.2. The molecule has 0 radical (unpaired) electrons. The zero-order chi connectivity index (χ0) is 21.5. The fraction of sp³-hybridized carbons (Fsp3) is 0.636. The molecule has 2 saturated heterocycles. The Bertz CT molecular complexity index is 747. The number of likely N-dealkylation sites (tertiary alicyclic amines) is 1. The van der Waals surface area contributed by atoms with Crippen molar-refractivity contribution in [1.29, 1.82) is 0 Å². The fourth-order valence-electron chi connectivity index (χ4n) is 4.10. The second kappa shape index (κ2) is 12.3. The van der Waals surface area contributed by atoms with Crippen LogP contribution < -0.4 is 10.1 Å². The summed E-state index contributed by atoms with van der Waals surface area (Å²) in [6, 6.07) is 5.29. The molecule has 0 aliphatic carbocycles. The molecule has 1 amide bonds. The molecule has 2 fully saturated rings. The molecule has 8 nitrogen and oxygen atoms in total. The lowest BCUT2D eigenvalue weighted by molar-refractivity contribution is -0.135. The third-order valence-electron chi connectivity index (χ3n) is 5.93. The first-order chi connectivity index (χ1) is 14.5. The van der Waals surface area contributed by atoms with Gasteiger partial charge in [0, 0.05) is 45.8 Å². The molecule has 9 heteroatoms. The first-order valence-corrected chi connectivity index (χ1v) is 11.0. The van der Waals surface area contributed by atoms with Gasteiger partial charge in [0.2, 0.25) is 5.91 Å². The molecule has 174 valence electrons. The summed E-state index contributed by atoms with van der Waals surface area (Å²) in [7, 11) is 1.54. The quantitative estimate of drug-likeness (QED) is 0.324. The summed E-state index contributed by atoms with van der Waals surface area (Å²) in [5.41, 5.74) is 0.923. The number of guanidine groups is 1. The van der Waals surface area contributed by atoms with Crippen LogP contribution in [-0.2, 0) is 11.3 Å². The van der Waals surface area contributed by atoms with Gasteiger partial charge in [0.1, 0.15) is 0 Å². The second-order valence-electron chi connectivity index (χ2n) is 7.91. The van der Waals surface area contributed by atoms with Gasteiger partial charge in [-0.15, -0.1) is 24.0 Å². The summed E-state index contributed by atoms with van der Waals surface area (Å²) < 4.78 is 5.10. The van der Waals surface area contributed by atoms with Crippen molar-refractivity contribution in [1.82, 2.24) is 20.0 Å². The molecule has 1 unspecified atom stereocenters. The van der Waals surface area contributed by atoms with Gasteiger partial charge in [-0.05, 0) is 44.4 Å². The number of carbonyl (C=O) groups is 1. The fourth-order valence-corrected chi connectivity index (χ4v) is 4.10. The number of rotatable bonds is 6. The van der Waals surface area contributed by atoms with Crippen molar-refractivity contribution < 1.29 is 14.6 Å². The highest BCUT2D eigenvalue weighted by molar-refractivity contribution is 14.0. The van der Waals surface area contributed by atoms with Crippen molar-refractivity contribution in [3.63, 3.8) is 0 Å². The zero-order valence-electron chi connectivity index (χ0n) is 18.8. The molecule has 1 atom stereocenters. The Balaban J connectivity index is 0.00000341. The third kappa shape index (κ3) is 6.61. The van der Waals surface area contributed by atoms with Crippen molar-refractivity contribution in [2.45, 2.75) is 39.3 Å². The minimum atomic E-state index is -0.0629. The number of nitrogens with zero attached hydrogens (tertiary/aromatic N) is 4. The number of methoxy groups -OCH3 is 1. The topological polar surface area (TPSA) is 80.6 Å². The lowest BCUT2D eigenvalue weighted by Gasteiger charge is -2.39. The molecule has 2 heterocycles. The van der Waals surface area contributed by atoms with Crippen LogP contribution in [-0.4, -0.2) is 90.6 Å². The van der Waals surface area contributed by atoms with E-state index in [0.717, 1.165) is 70.2 Å². The lowest BCUT2D eigenvalue weighted by atomic mass is 10.2. The summed E-state index contributed by atoms with van der Waals surface area (Å²) in [4.78, 5) is 24.0. The Kier molecular flexibility index (Phi) is 10.1. The van der Waals surface area contributed by atoms with Crippen LogP contribution in [0.15, 0.2) is 23.2 Å². The number of nitrogens with one attached hydrogen (secondary N) is 1. The van der Waals surface area contributed by atoms with Gasteiger partial charge >= 0.3 is 0 Å². The Morgan fingerprint density at radius 1 is 1.16 bits per heavy atom. The largest absolute Gasteiger partial charge is 0.504 e. The smallest absolute Gasteiger partial charge is 0.239 e. The summed E-state index contributed by atoms with van der Waals surface area (Å²) in [6.07, 6.45) is 2.25. The molecule has 3 rings (SSSR count). The van der Waals surface area contributed by atoms with Crippen LogP contribution in [0, 0.1) is 0 Å². The molecule has 1 aromatic rings. The van der Waals surface area contributed by atoms with Gasteiger partial charge < -0.3 is 25.0 Å². The minimum absolute atomic E-state index is 0. The number of phenolic OH excluding ortho intramolecular Hbond substituents is 1. The number of amides is 1. The molecule has 31 heavy (non-hydrogen) atoms. The second-order valence-corrected chi connectivity index (χ2v) is 7.91. The predicted octanol–water partition coefficient (Wildman–Crippen LogP) is 2.11. The lowest BCUT2D eigenvalue weighted by Crippen LogP contribution is -2.57. The van der Waals surface area contributed by atoms with Crippen LogP contribution in [0.5, 0.6) is 11.5 Å². The van der Waals surface area contributed by atoms with Crippen LogP contribution in [0.25, 0.3) is 0 Å². The van der Waals surface area contributed by atoms with Crippen molar-refractivity contribution in [2.75, 3.05) is 52.9 Å². The maximum absolute atomic E-state index is 12.7. The Labute approximate surface area is 202 Å². The van der Waals surface area contributed by atoms with E-state index in [4.69, 9.17) is 9.73 Å². The summed E-state index contributed by atoms with van der Waals surface area (Å²) in [5, 5.41) is 13.3. The molecule has 0 saturated carbocycles. The number of halogens is 1. The normalized spacial score (nSPS) is 18.5. The predicted molar refractivity (Wildman–Crippen MR) is 133 cm³/mol. The first kappa shape index (κ1) is 25.5. The molecule has 0 aromatic heterocycles. The standard InChI is InChI=1S/C22H35N5O3.HI/c1-4-23-22(24-16-18-7-8-20(30-3)19(28)15-18)27-13-11-25(12-14-27)17(2)21(29)26-9-5-6-10-26;/h7-8,15,17,28H,4-6,9-14,16H2,1-3H3,(H,23,24);1H. The maximum Gasteiger partial charge on any atom is 0.239 e. The molecule has 0 spiro atoms. The average molecular weight is 545 g/mol. The number of carbonyl (C=O) groups excluding carboxylic acids is 1. The minimum Gasteiger partial charge on any atom is -0.504 e. The number of phenols is 1. The van der Waals surface area contributed by atoms with E-state index in [1.165, 1.54) is 7.11 Å². The number of benzene rings is 1. The van der Waals surface area contributed by atoms with E-state index < -0.39 is 0 Å². The molecule has 2 aliphatic rings. The van der Waals surface area contributed by atoms with Gasteiger partial charge in [0.25, 0.3) is 0 Å². The Morgan fingerprint density at radius 2 is 1.84 bits per heavy atom. The Morgan fingerprint density at radius 3 is 2.42 bits per heavy atom. The van der Waals surface area contributed by atoms with Gasteiger partial charge in [-0.2, -0.15) is 0 Å². The van der Waals surface area contributed by atoms with Crippen LogP contribution in [0.4, 0.5) is 0 Å². The van der Waals surface area contributed by atoms with Gasteiger partial charge in [-0.25, -0.2) is 4.99 Å². The van der Waals surface area contributed by atoms with Crippen LogP contribution in [0.2, 0.25) is 0 Å². The molecule has 2 N–H and O–H groups in total. The number of aromatic hydroxyl groups is 1. The van der Waals surface area contributed by atoms with Crippen molar-refractivity contribution in [3.05, 3.63) is 23.8 Å². The van der Waals surface area contributed by atoms with E-state index in [9.17, 15) is 9.90 Å². The molecule has 2 aliphatic heterocycles. The highest BCUT2D eigenvalue weighted by atomic mass is 127. The number of aliphatic imine (C=N–C) groups is 1. The van der Waals surface area contributed by atoms with Crippen LogP contribution in [0.3, 0.4) is 0 Å². The van der Waals surface area contributed by atoms with E-state index in [-0.39, 0.29) is 41.7 Å². The van der Waals surface area contributed by atoms with Gasteiger partial charge in [0.15, 0.2) is 17.5 Å². The Hall–Kier alpha value is -1.75. The maximum atomic E-state index is 12.7. The van der Waals surface area contributed by atoms with E-state index in [1.807, 2.05) is 17.9 Å². The van der Waals surface area contributed by atoms with E-state index in [2.05, 4.69) is 22.0 Å². The van der Waals surface area contributed by atoms with Gasteiger partial charge in [-0.1, -0.05) is 6.07 Å². The number of hydrogen-bond donors (Lipinski definition) is 2.